The third-order valence-corrected chi connectivity index (χ3v) is 5.44. The van der Waals surface area contributed by atoms with Crippen LogP contribution in [-0.4, -0.2) is 28.1 Å². The van der Waals surface area contributed by atoms with Crippen molar-refractivity contribution in [2.45, 2.75) is 17.9 Å². The minimum atomic E-state index is -0.229. The van der Waals surface area contributed by atoms with E-state index >= 15 is 0 Å². The summed E-state index contributed by atoms with van der Waals surface area (Å²) in [5.41, 5.74) is 11.2. The molecule has 144 valence electrons. The van der Waals surface area contributed by atoms with E-state index in [9.17, 15) is 4.79 Å². The Kier molecular flexibility index (Phi) is 6.99. The van der Waals surface area contributed by atoms with Crippen LogP contribution in [0, 0.1) is 6.92 Å². The molecule has 3 aromatic rings. The number of nitrogens with two attached hydrogens (primary N) is 1. The fourth-order valence-corrected chi connectivity index (χ4v) is 3.55. The Bertz CT molecular complexity index is 940. The van der Waals surface area contributed by atoms with Crippen molar-refractivity contribution in [2.24, 2.45) is 5.10 Å². The lowest BCUT2D eigenvalue weighted by molar-refractivity contribution is -0.118. The number of hydrogen-bond donors (Lipinski definition) is 2. The number of nitrogens with one attached hydrogen (secondary N) is 1. The van der Waals surface area contributed by atoms with Gasteiger partial charge in [0.25, 0.3) is 5.91 Å². The van der Waals surface area contributed by atoms with Gasteiger partial charge in [-0.2, -0.15) is 5.10 Å². The van der Waals surface area contributed by atoms with E-state index in [1.165, 1.54) is 28.7 Å². The molecule has 0 aliphatic rings. The molecule has 28 heavy (non-hydrogen) atoms. The fraction of sp³-hybridized carbons (Fsp3) is 0.158. The zero-order valence-electron chi connectivity index (χ0n) is 15.2. The molecule has 0 saturated heterocycles. The van der Waals surface area contributed by atoms with E-state index < -0.39 is 0 Å². The first kappa shape index (κ1) is 19.8. The number of nitrogen functional groups attached to an aromatic ring is 1. The molecule has 1 aromatic heterocycles. The van der Waals surface area contributed by atoms with Crippen LogP contribution < -0.4 is 15.9 Å². The topological polar surface area (TPSA) is 102 Å². The summed E-state index contributed by atoms with van der Waals surface area (Å²) in [7, 11) is 0. The number of thioether (sulfide) groups is 1. The Balaban J connectivity index is 1.41. The molecule has 2 aromatic carbocycles. The Labute approximate surface area is 171 Å². The monoisotopic (exact) mass is 413 g/mol. The first-order valence-electron chi connectivity index (χ1n) is 8.40. The van der Waals surface area contributed by atoms with Gasteiger partial charge in [-0.25, -0.2) is 5.43 Å². The molecule has 3 N–H and O–H groups in total. The second-order valence-corrected chi connectivity index (χ2v) is 8.06. The van der Waals surface area contributed by atoms with E-state index in [4.69, 9.17) is 10.5 Å². The number of hydrazone groups is 1. The number of aryl methyl sites for hydroxylation is 1. The highest BCUT2D eigenvalue weighted by atomic mass is 32.2. The van der Waals surface area contributed by atoms with Crippen molar-refractivity contribution in [1.82, 2.24) is 15.6 Å². The molecule has 1 amide bonds. The highest BCUT2D eigenvalue weighted by Gasteiger charge is 2.05. The van der Waals surface area contributed by atoms with E-state index in [0.29, 0.717) is 16.1 Å². The lowest BCUT2D eigenvalue weighted by atomic mass is 10.2. The average Bonchev–Trinajstić information content (AvgIpc) is 3.12. The summed E-state index contributed by atoms with van der Waals surface area (Å²) >= 11 is 2.51. The summed E-state index contributed by atoms with van der Waals surface area (Å²) in [5.74, 6) is 0.736. The maximum atomic E-state index is 11.8. The summed E-state index contributed by atoms with van der Waals surface area (Å²) in [5, 5.41) is 11.9. The number of amides is 1. The van der Waals surface area contributed by atoms with Crippen molar-refractivity contribution in [1.29, 1.82) is 0 Å². The zero-order chi connectivity index (χ0) is 19.8. The van der Waals surface area contributed by atoms with Crippen molar-refractivity contribution in [3.63, 3.8) is 0 Å². The highest BCUT2D eigenvalue weighted by Crippen LogP contribution is 2.22. The summed E-state index contributed by atoms with van der Waals surface area (Å²) in [4.78, 5) is 11.8. The van der Waals surface area contributed by atoms with Crippen LogP contribution in [-0.2, 0) is 11.4 Å². The zero-order valence-corrected chi connectivity index (χ0v) is 16.8. The maximum absolute atomic E-state index is 11.8. The Hall–Kier alpha value is -2.91. The van der Waals surface area contributed by atoms with E-state index in [1.54, 1.807) is 6.21 Å². The van der Waals surface area contributed by atoms with Gasteiger partial charge in [0.05, 0.1) is 12.0 Å². The van der Waals surface area contributed by atoms with E-state index in [1.807, 2.05) is 24.3 Å². The van der Waals surface area contributed by atoms with Gasteiger partial charge in [0.1, 0.15) is 12.4 Å². The molecule has 3 rings (SSSR count). The van der Waals surface area contributed by atoms with Gasteiger partial charge < -0.3 is 10.5 Å². The van der Waals surface area contributed by atoms with Crippen molar-refractivity contribution in [3.8, 4) is 5.75 Å². The number of nitrogens with zero attached hydrogens (tertiary/aromatic N) is 3. The second kappa shape index (κ2) is 9.86. The highest BCUT2D eigenvalue weighted by molar-refractivity contribution is 8.01. The molecule has 7 nitrogen and oxygen atoms in total. The second-order valence-electron chi connectivity index (χ2n) is 5.83. The molecule has 0 fully saturated rings. The minimum Gasteiger partial charge on any atom is -0.489 e. The van der Waals surface area contributed by atoms with Gasteiger partial charge in [-0.05, 0) is 42.3 Å². The molecule has 1 heterocycles. The lowest BCUT2D eigenvalue weighted by Gasteiger charge is -2.06. The van der Waals surface area contributed by atoms with Crippen LogP contribution in [0.5, 0.6) is 5.75 Å². The quantitative estimate of drug-likeness (QED) is 0.334. The Morgan fingerprint density at radius 2 is 1.96 bits per heavy atom. The van der Waals surface area contributed by atoms with Crippen LogP contribution in [0.1, 0.15) is 16.7 Å². The van der Waals surface area contributed by atoms with Gasteiger partial charge in [-0.1, -0.05) is 52.9 Å². The number of carbonyl (C=O) groups is 1. The normalized spacial score (nSPS) is 10.9. The number of carbonyl (C=O) groups excluding carboxylic acids is 1. The smallest absolute Gasteiger partial charge is 0.250 e. The van der Waals surface area contributed by atoms with Crippen LogP contribution in [0.25, 0.3) is 0 Å². The van der Waals surface area contributed by atoms with E-state index in [-0.39, 0.29) is 11.7 Å². The van der Waals surface area contributed by atoms with Gasteiger partial charge >= 0.3 is 0 Å². The molecule has 0 atom stereocenters. The van der Waals surface area contributed by atoms with Crippen molar-refractivity contribution < 1.29 is 9.53 Å². The SMILES string of the molecule is Cc1ccc(COc2ccc(C=NNC(=O)CSc3nnc(N)s3)cc2)cc1. The molecular weight excluding hydrogens is 394 g/mol. The largest absolute Gasteiger partial charge is 0.489 e. The molecular formula is C19H19N5O2S2. The van der Waals surface area contributed by atoms with Gasteiger partial charge in [0, 0.05) is 0 Å². The Morgan fingerprint density at radius 3 is 2.64 bits per heavy atom. The number of anilines is 1. The molecule has 0 aliphatic carbocycles. The molecule has 0 saturated carbocycles. The number of ether oxygens (including phenoxy) is 1. The fourth-order valence-electron chi connectivity index (χ4n) is 2.12. The van der Waals surface area contributed by atoms with Crippen LogP contribution in [0.2, 0.25) is 0 Å². The minimum absolute atomic E-state index is 0.192. The van der Waals surface area contributed by atoms with Crippen LogP contribution in [0.15, 0.2) is 58.0 Å². The lowest BCUT2D eigenvalue weighted by Crippen LogP contribution is -2.19. The van der Waals surface area contributed by atoms with Crippen molar-refractivity contribution in [3.05, 3.63) is 65.2 Å². The van der Waals surface area contributed by atoms with Gasteiger partial charge in [0.2, 0.25) is 5.13 Å². The van der Waals surface area contributed by atoms with E-state index in [0.717, 1.165) is 16.9 Å². The maximum Gasteiger partial charge on any atom is 0.250 e. The standard InChI is InChI=1S/C19H19N5O2S2/c1-13-2-4-15(5-3-13)11-26-16-8-6-14(7-9-16)10-21-22-17(25)12-27-19-24-23-18(20)28-19/h2-10H,11-12H2,1H3,(H2,20,23)(H,22,25). The van der Waals surface area contributed by atoms with Gasteiger partial charge in [-0.3, -0.25) is 4.79 Å². The van der Waals surface area contributed by atoms with Gasteiger partial charge in [-0.15, -0.1) is 10.2 Å². The van der Waals surface area contributed by atoms with Crippen LogP contribution in [0.4, 0.5) is 5.13 Å². The number of aromatic nitrogens is 2. The summed E-state index contributed by atoms with van der Waals surface area (Å²) in [6.45, 7) is 2.57. The van der Waals surface area contributed by atoms with Gasteiger partial charge in [0.15, 0.2) is 4.34 Å². The molecule has 0 bridgehead atoms. The third kappa shape index (κ3) is 6.36. The van der Waals surface area contributed by atoms with Crippen molar-refractivity contribution in [2.75, 3.05) is 11.5 Å². The average molecular weight is 414 g/mol. The summed E-state index contributed by atoms with van der Waals surface area (Å²) in [6.07, 6.45) is 1.58. The number of rotatable bonds is 8. The summed E-state index contributed by atoms with van der Waals surface area (Å²) < 4.78 is 6.42. The first-order valence-corrected chi connectivity index (χ1v) is 10.2. The first-order chi connectivity index (χ1) is 13.6. The van der Waals surface area contributed by atoms with Crippen molar-refractivity contribution >= 4 is 40.4 Å². The number of benzene rings is 2. The predicted molar refractivity (Wildman–Crippen MR) is 113 cm³/mol. The molecule has 0 radical (unpaired) electrons. The molecule has 0 spiro atoms. The Morgan fingerprint density at radius 1 is 1.21 bits per heavy atom. The van der Waals surface area contributed by atoms with Crippen LogP contribution >= 0.6 is 23.1 Å². The third-order valence-electron chi connectivity index (χ3n) is 3.56. The molecule has 0 aliphatic heterocycles. The summed E-state index contributed by atoms with van der Waals surface area (Å²) in [6, 6.07) is 15.7. The van der Waals surface area contributed by atoms with Crippen LogP contribution in [0.3, 0.4) is 0 Å². The van der Waals surface area contributed by atoms with E-state index in [2.05, 4.69) is 51.9 Å². The molecule has 0 unspecified atom stereocenters. The molecule has 9 heteroatoms. The number of hydrogen-bond acceptors (Lipinski definition) is 8. The predicted octanol–water partition coefficient (Wildman–Crippen LogP) is 3.25.